The standard InChI is InChI=1S/C14H11F3N4OS/c1-8(23-13-20-7-10(6-18)12(19)21-13)9-2-4-11(5-3-9)22-14(15,16)17/h2-5,7-8H,1H3,(H2,19,20,21)/t8-/m0/s1. The molecule has 2 rings (SSSR count). The molecule has 0 fully saturated rings. The minimum absolute atomic E-state index is 0.0890. The predicted molar refractivity (Wildman–Crippen MR) is 78.6 cm³/mol. The number of hydrogen-bond donors (Lipinski definition) is 1. The van der Waals surface area contributed by atoms with Gasteiger partial charge in [-0.05, 0) is 24.6 Å². The first-order chi connectivity index (χ1) is 10.8. The van der Waals surface area contributed by atoms with Crippen LogP contribution in [0.2, 0.25) is 0 Å². The summed E-state index contributed by atoms with van der Waals surface area (Å²) in [5.74, 6) is -0.191. The number of aromatic nitrogens is 2. The lowest BCUT2D eigenvalue weighted by molar-refractivity contribution is -0.274. The van der Waals surface area contributed by atoms with Gasteiger partial charge in [-0.25, -0.2) is 9.97 Å². The Hall–Kier alpha value is -2.47. The Kier molecular flexibility index (Phi) is 4.95. The Labute approximate surface area is 134 Å². The van der Waals surface area contributed by atoms with Crippen molar-refractivity contribution in [2.75, 3.05) is 5.73 Å². The maximum absolute atomic E-state index is 12.1. The number of halogens is 3. The van der Waals surface area contributed by atoms with Crippen LogP contribution in [0.5, 0.6) is 5.75 Å². The van der Waals surface area contributed by atoms with Crippen LogP contribution in [0.25, 0.3) is 0 Å². The fraction of sp³-hybridized carbons (Fsp3) is 0.214. The molecule has 9 heteroatoms. The average Bonchev–Trinajstić information content (AvgIpc) is 2.46. The number of alkyl halides is 3. The summed E-state index contributed by atoms with van der Waals surface area (Å²) >= 11 is 1.27. The summed E-state index contributed by atoms with van der Waals surface area (Å²) in [6.07, 6.45) is -3.38. The monoisotopic (exact) mass is 340 g/mol. The van der Waals surface area contributed by atoms with Gasteiger partial charge < -0.3 is 10.5 Å². The summed E-state index contributed by atoms with van der Waals surface area (Å²) in [6.45, 7) is 1.85. The summed E-state index contributed by atoms with van der Waals surface area (Å²) in [6, 6.07) is 7.42. The molecular weight excluding hydrogens is 329 g/mol. The van der Waals surface area contributed by atoms with Crippen molar-refractivity contribution in [3.63, 3.8) is 0 Å². The van der Waals surface area contributed by atoms with E-state index in [0.717, 1.165) is 5.56 Å². The van der Waals surface area contributed by atoms with E-state index in [1.807, 2.05) is 13.0 Å². The summed E-state index contributed by atoms with van der Waals surface area (Å²) in [5.41, 5.74) is 6.58. The van der Waals surface area contributed by atoms with E-state index < -0.39 is 6.36 Å². The molecular formula is C14H11F3N4OS. The summed E-state index contributed by atoms with van der Waals surface area (Å²) in [5, 5.41) is 9.02. The van der Waals surface area contributed by atoms with Crippen molar-refractivity contribution in [1.82, 2.24) is 9.97 Å². The van der Waals surface area contributed by atoms with Crippen molar-refractivity contribution >= 4 is 17.6 Å². The topological polar surface area (TPSA) is 84.8 Å². The van der Waals surface area contributed by atoms with E-state index in [2.05, 4.69) is 14.7 Å². The quantitative estimate of drug-likeness (QED) is 0.675. The Bertz CT molecular complexity index is 728. The van der Waals surface area contributed by atoms with Gasteiger partial charge >= 0.3 is 6.36 Å². The molecule has 1 aromatic carbocycles. The van der Waals surface area contributed by atoms with Gasteiger partial charge in [-0.1, -0.05) is 23.9 Å². The highest BCUT2D eigenvalue weighted by Crippen LogP contribution is 2.34. The van der Waals surface area contributed by atoms with Crippen LogP contribution in [0.1, 0.15) is 23.3 Å². The summed E-state index contributed by atoms with van der Waals surface area (Å²) < 4.78 is 40.1. The first-order valence-electron chi connectivity index (χ1n) is 6.33. The molecule has 0 amide bonds. The molecule has 0 radical (unpaired) electrons. The molecule has 2 N–H and O–H groups in total. The van der Waals surface area contributed by atoms with Gasteiger partial charge in [0.05, 0.1) is 6.20 Å². The first-order valence-corrected chi connectivity index (χ1v) is 7.21. The first kappa shape index (κ1) is 16.9. The lowest BCUT2D eigenvalue weighted by Crippen LogP contribution is -2.17. The number of ether oxygens (including phenoxy) is 1. The van der Waals surface area contributed by atoms with Gasteiger partial charge in [-0.3, -0.25) is 0 Å². The fourth-order valence-corrected chi connectivity index (χ4v) is 2.56. The highest BCUT2D eigenvalue weighted by atomic mass is 32.2. The Balaban J connectivity index is 2.07. The number of thioether (sulfide) groups is 1. The molecule has 0 saturated carbocycles. The Morgan fingerprint density at radius 2 is 1.96 bits per heavy atom. The van der Waals surface area contributed by atoms with Crippen LogP contribution in [0.3, 0.4) is 0 Å². The number of hydrogen-bond acceptors (Lipinski definition) is 6. The largest absolute Gasteiger partial charge is 0.573 e. The van der Waals surface area contributed by atoms with Crippen molar-refractivity contribution in [1.29, 1.82) is 5.26 Å². The molecule has 0 bridgehead atoms. The third kappa shape index (κ3) is 4.75. The summed E-state index contributed by atoms with van der Waals surface area (Å²) in [7, 11) is 0. The van der Waals surface area contributed by atoms with Gasteiger partial charge in [0.15, 0.2) is 5.16 Å². The van der Waals surface area contributed by atoms with Gasteiger partial charge in [0, 0.05) is 5.25 Å². The third-order valence-corrected chi connectivity index (χ3v) is 3.82. The van der Waals surface area contributed by atoms with Gasteiger partial charge in [-0.15, -0.1) is 13.2 Å². The molecule has 0 saturated heterocycles. The minimum Gasteiger partial charge on any atom is -0.406 e. The zero-order chi connectivity index (χ0) is 17.0. The lowest BCUT2D eigenvalue weighted by atomic mass is 10.2. The lowest BCUT2D eigenvalue weighted by Gasteiger charge is -2.13. The molecule has 0 aliphatic rings. The zero-order valence-electron chi connectivity index (χ0n) is 11.8. The average molecular weight is 340 g/mol. The van der Waals surface area contributed by atoms with E-state index in [4.69, 9.17) is 11.0 Å². The number of nitrogens with two attached hydrogens (primary N) is 1. The molecule has 120 valence electrons. The second-order valence-corrected chi connectivity index (χ2v) is 5.75. The van der Waals surface area contributed by atoms with Gasteiger partial charge in [-0.2, -0.15) is 5.26 Å². The van der Waals surface area contributed by atoms with Gasteiger partial charge in [0.2, 0.25) is 0 Å². The second-order valence-electron chi connectivity index (χ2n) is 4.44. The number of nitrogens with zero attached hydrogens (tertiary/aromatic N) is 3. The fourth-order valence-electron chi connectivity index (χ4n) is 1.69. The summed E-state index contributed by atoms with van der Waals surface area (Å²) in [4.78, 5) is 8.03. The van der Waals surface area contributed by atoms with E-state index in [1.54, 1.807) is 0 Å². The third-order valence-electron chi connectivity index (χ3n) is 2.78. The Morgan fingerprint density at radius 1 is 1.30 bits per heavy atom. The van der Waals surface area contributed by atoms with Gasteiger partial charge in [0.25, 0.3) is 0 Å². The van der Waals surface area contributed by atoms with Crippen LogP contribution in [0.4, 0.5) is 19.0 Å². The van der Waals surface area contributed by atoms with Crippen molar-refractivity contribution < 1.29 is 17.9 Å². The van der Waals surface area contributed by atoms with Crippen molar-refractivity contribution in [2.45, 2.75) is 23.7 Å². The normalized spacial score (nSPS) is 12.5. The SMILES string of the molecule is C[C@H](Sc1ncc(C#N)c(N)n1)c1ccc(OC(F)(F)F)cc1. The maximum atomic E-state index is 12.1. The highest BCUT2D eigenvalue weighted by molar-refractivity contribution is 7.99. The number of anilines is 1. The predicted octanol–water partition coefficient (Wildman–Crippen LogP) is 3.68. The van der Waals surface area contributed by atoms with Crippen molar-refractivity contribution in [3.05, 3.63) is 41.6 Å². The van der Waals surface area contributed by atoms with Crippen molar-refractivity contribution in [3.8, 4) is 11.8 Å². The molecule has 2 aromatic rings. The van der Waals surface area contributed by atoms with Crippen LogP contribution in [0.15, 0.2) is 35.6 Å². The van der Waals surface area contributed by atoms with Gasteiger partial charge in [0.1, 0.15) is 23.2 Å². The maximum Gasteiger partial charge on any atom is 0.573 e. The van der Waals surface area contributed by atoms with E-state index >= 15 is 0 Å². The highest BCUT2D eigenvalue weighted by Gasteiger charge is 2.31. The zero-order valence-corrected chi connectivity index (χ0v) is 12.6. The van der Waals surface area contributed by atoms with Crippen LogP contribution in [-0.4, -0.2) is 16.3 Å². The van der Waals surface area contributed by atoms with E-state index in [0.29, 0.717) is 5.16 Å². The smallest absolute Gasteiger partial charge is 0.406 e. The molecule has 0 aliphatic heterocycles. The molecule has 23 heavy (non-hydrogen) atoms. The minimum atomic E-state index is -4.71. The molecule has 1 aromatic heterocycles. The molecule has 1 heterocycles. The van der Waals surface area contributed by atoms with Crippen LogP contribution < -0.4 is 10.5 Å². The van der Waals surface area contributed by atoms with Crippen molar-refractivity contribution in [2.24, 2.45) is 0 Å². The second kappa shape index (κ2) is 6.75. The Morgan fingerprint density at radius 3 is 2.48 bits per heavy atom. The number of nitrogen functional groups attached to an aromatic ring is 1. The van der Waals surface area contributed by atoms with E-state index in [-0.39, 0.29) is 22.4 Å². The molecule has 0 unspecified atom stereocenters. The molecule has 0 spiro atoms. The molecule has 0 aliphatic carbocycles. The molecule has 5 nitrogen and oxygen atoms in total. The van der Waals surface area contributed by atoms with E-state index in [9.17, 15) is 13.2 Å². The number of rotatable bonds is 4. The number of nitriles is 1. The van der Waals surface area contributed by atoms with E-state index in [1.165, 1.54) is 42.2 Å². The molecule has 1 atom stereocenters. The number of benzene rings is 1. The van der Waals surface area contributed by atoms with Crippen LogP contribution in [-0.2, 0) is 0 Å². The van der Waals surface area contributed by atoms with Crippen LogP contribution in [0, 0.1) is 11.3 Å². The van der Waals surface area contributed by atoms with Crippen LogP contribution >= 0.6 is 11.8 Å².